The van der Waals surface area contributed by atoms with Crippen molar-refractivity contribution in [3.05, 3.63) is 24.3 Å². The van der Waals surface area contributed by atoms with Crippen LogP contribution in [0.15, 0.2) is 24.3 Å². The molecule has 1 aromatic carbocycles. The third-order valence-corrected chi connectivity index (χ3v) is 2.96. The van der Waals surface area contributed by atoms with Gasteiger partial charge in [0.25, 0.3) is 0 Å². The quantitative estimate of drug-likeness (QED) is 0.848. The van der Waals surface area contributed by atoms with Crippen molar-refractivity contribution in [1.82, 2.24) is 9.97 Å². The average Bonchev–Trinajstić information content (AvgIpc) is 2.70. The van der Waals surface area contributed by atoms with Crippen molar-refractivity contribution in [2.75, 3.05) is 5.32 Å². The lowest BCUT2D eigenvalue weighted by Gasteiger charge is -2.08. The molecule has 1 aromatic heterocycles. The summed E-state index contributed by atoms with van der Waals surface area (Å²) in [6, 6.07) is 7.73. The minimum Gasteiger partial charge on any atom is -0.324 e. The van der Waals surface area contributed by atoms with E-state index >= 15 is 0 Å². The summed E-state index contributed by atoms with van der Waals surface area (Å²) in [5.41, 5.74) is 1.81. The van der Waals surface area contributed by atoms with Crippen molar-refractivity contribution in [3.63, 3.8) is 0 Å². The van der Waals surface area contributed by atoms with Crippen LogP contribution in [0.2, 0.25) is 0 Å². The number of hydrogen-bond donors (Lipinski definition) is 2. The SMILES string of the molecule is CCC[C@@H](C)CC(=O)Nc1nc2ccccc2[nH]1. The van der Waals surface area contributed by atoms with Crippen LogP contribution in [-0.4, -0.2) is 15.9 Å². The predicted molar refractivity (Wildman–Crippen MR) is 73.4 cm³/mol. The largest absolute Gasteiger partial charge is 0.324 e. The number of amides is 1. The van der Waals surface area contributed by atoms with Crippen molar-refractivity contribution in [2.45, 2.75) is 33.1 Å². The summed E-state index contributed by atoms with van der Waals surface area (Å²) >= 11 is 0. The van der Waals surface area contributed by atoms with E-state index in [-0.39, 0.29) is 5.91 Å². The van der Waals surface area contributed by atoms with Gasteiger partial charge in [-0.05, 0) is 18.1 Å². The number of carbonyl (C=O) groups is 1. The molecule has 2 aromatic rings. The first-order chi connectivity index (χ1) is 8.69. The Labute approximate surface area is 107 Å². The van der Waals surface area contributed by atoms with E-state index in [4.69, 9.17) is 0 Å². The van der Waals surface area contributed by atoms with Gasteiger partial charge in [0.2, 0.25) is 11.9 Å². The standard InChI is InChI=1S/C14H19N3O/c1-3-6-10(2)9-13(18)17-14-15-11-7-4-5-8-12(11)16-14/h4-5,7-8,10H,3,6,9H2,1-2H3,(H2,15,16,17,18)/t10-/m1/s1. The molecule has 0 aliphatic carbocycles. The second-order valence-corrected chi connectivity index (χ2v) is 4.75. The van der Waals surface area contributed by atoms with Gasteiger partial charge in [-0.2, -0.15) is 0 Å². The molecule has 96 valence electrons. The molecule has 1 amide bonds. The molecule has 4 nitrogen and oxygen atoms in total. The molecule has 2 N–H and O–H groups in total. The molecule has 18 heavy (non-hydrogen) atoms. The number of hydrogen-bond acceptors (Lipinski definition) is 2. The lowest BCUT2D eigenvalue weighted by atomic mass is 10.0. The maximum absolute atomic E-state index is 11.8. The first-order valence-corrected chi connectivity index (χ1v) is 6.43. The van der Waals surface area contributed by atoms with Crippen LogP contribution in [0.1, 0.15) is 33.1 Å². The second kappa shape index (κ2) is 5.67. The summed E-state index contributed by atoms with van der Waals surface area (Å²) in [4.78, 5) is 19.2. The maximum Gasteiger partial charge on any atom is 0.226 e. The summed E-state index contributed by atoms with van der Waals surface area (Å²) in [5.74, 6) is 0.972. The Bertz CT molecular complexity index is 500. The Morgan fingerprint density at radius 3 is 2.94 bits per heavy atom. The normalized spacial score (nSPS) is 12.6. The number of anilines is 1. The molecule has 0 spiro atoms. The van der Waals surface area contributed by atoms with Crippen LogP contribution in [0.5, 0.6) is 0 Å². The number of fused-ring (bicyclic) bond motifs is 1. The summed E-state index contributed by atoms with van der Waals surface area (Å²) in [6.45, 7) is 4.23. The lowest BCUT2D eigenvalue weighted by Crippen LogP contribution is -2.15. The zero-order chi connectivity index (χ0) is 13.0. The highest BCUT2D eigenvalue weighted by molar-refractivity contribution is 5.91. The number of aromatic amines is 1. The van der Waals surface area contributed by atoms with Crippen molar-refractivity contribution in [1.29, 1.82) is 0 Å². The number of nitrogens with one attached hydrogen (secondary N) is 2. The van der Waals surface area contributed by atoms with Gasteiger partial charge in [-0.1, -0.05) is 38.8 Å². The van der Waals surface area contributed by atoms with Crippen molar-refractivity contribution < 1.29 is 4.79 Å². The smallest absolute Gasteiger partial charge is 0.226 e. The Morgan fingerprint density at radius 2 is 2.22 bits per heavy atom. The molecule has 4 heteroatoms. The first-order valence-electron chi connectivity index (χ1n) is 6.43. The van der Waals surface area contributed by atoms with Crippen LogP contribution >= 0.6 is 0 Å². The van der Waals surface area contributed by atoms with Crippen molar-refractivity contribution >= 4 is 22.9 Å². The van der Waals surface area contributed by atoms with E-state index in [1.807, 2.05) is 24.3 Å². The number of nitrogens with zero attached hydrogens (tertiary/aromatic N) is 1. The monoisotopic (exact) mass is 245 g/mol. The van der Waals surface area contributed by atoms with E-state index in [9.17, 15) is 4.79 Å². The Hall–Kier alpha value is -1.84. The Morgan fingerprint density at radius 1 is 1.44 bits per heavy atom. The van der Waals surface area contributed by atoms with Gasteiger partial charge in [0.15, 0.2) is 0 Å². The molecule has 0 unspecified atom stereocenters. The first kappa shape index (κ1) is 12.6. The fourth-order valence-electron chi connectivity index (χ4n) is 2.11. The van der Waals surface area contributed by atoms with Gasteiger partial charge in [-0.15, -0.1) is 0 Å². The van der Waals surface area contributed by atoms with Gasteiger partial charge in [0.1, 0.15) is 0 Å². The lowest BCUT2D eigenvalue weighted by molar-refractivity contribution is -0.117. The number of benzene rings is 1. The number of carbonyl (C=O) groups excluding carboxylic acids is 1. The number of rotatable bonds is 5. The molecule has 0 saturated heterocycles. The highest BCUT2D eigenvalue weighted by atomic mass is 16.1. The number of para-hydroxylation sites is 2. The van der Waals surface area contributed by atoms with Crippen LogP contribution in [-0.2, 0) is 4.79 Å². The van der Waals surface area contributed by atoms with Crippen molar-refractivity contribution in [3.8, 4) is 0 Å². The van der Waals surface area contributed by atoms with Gasteiger partial charge in [0.05, 0.1) is 11.0 Å². The van der Waals surface area contributed by atoms with E-state index in [0.717, 1.165) is 23.9 Å². The van der Waals surface area contributed by atoms with Gasteiger partial charge in [0, 0.05) is 6.42 Å². The highest BCUT2D eigenvalue weighted by Crippen LogP contribution is 2.15. The molecular weight excluding hydrogens is 226 g/mol. The Balaban J connectivity index is 1.98. The average molecular weight is 245 g/mol. The van der Waals surface area contributed by atoms with Gasteiger partial charge < -0.3 is 4.98 Å². The topological polar surface area (TPSA) is 57.8 Å². The van der Waals surface area contributed by atoms with Crippen LogP contribution in [0.3, 0.4) is 0 Å². The van der Waals surface area contributed by atoms with Crippen LogP contribution in [0.25, 0.3) is 11.0 Å². The molecule has 0 radical (unpaired) electrons. The fraction of sp³-hybridized carbons (Fsp3) is 0.429. The maximum atomic E-state index is 11.8. The predicted octanol–water partition coefficient (Wildman–Crippen LogP) is 3.33. The molecule has 2 rings (SSSR count). The molecule has 0 bridgehead atoms. The van der Waals surface area contributed by atoms with E-state index in [2.05, 4.69) is 29.1 Å². The molecular formula is C14H19N3O. The van der Waals surface area contributed by atoms with Gasteiger partial charge in [-0.3, -0.25) is 10.1 Å². The molecule has 0 saturated carbocycles. The summed E-state index contributed by atoms with van der Waals surface area (Å²) in [6.07, 6.45) is 2.73. The third kappa shape index (κ3) is 3.09. The zero-order valence-electron chi connectivity index (χ0n) is 10.9. The number of aromatic nitrogens is 2. The van der Waals surface area contributed by atoms with Gasteiger partial charge in [-0.25, -0.2) is 4.98 Å². The molecule has 0 aliphatic rings. The van der Waals surface area contributed by atoms with Gasteiger partial charge >= 0.3 is 0 Å². The fourth-order valence-corrected chi connectivity index (χ4v) is 2.11. The van der Waals surface area contributed by atoms with Crippen LogP contribution in [0.4, 0.5) is 5.95 Å². The van der Waals surface area contributed by atoms with E-state index in [1.165, 1.54) is 0 Å². The molecule has 1 atom stereocenters. The highest BCUT2D eigenvalue weighted by Gasteiger charge is 2.10. The molecule has 0 fully saturated rings. The zero-order valence-corrected chi connectivity index (χ0v) is 10.9. The Kier molecular flexibility index (Phi) is 3.97. The molecule has 0 aliphatic heterocycles. The summed E-state index contributed by atoms with van der Waals surface area (Å²) < 4.78 is 0. The van der Waals surface area contributed by atoms with E-state index in [1.54, 1.807) is 0 Å². The van der Waals surface area contributed by atoms with E-state index < -0.39 is 0 Å². The second-order valence-electron chi connectivity index (χ2n) is 4.75. The summed E-state index contributed by atoms with van der Waals surface area (Å²) in [7, 11) is 0. The minimum absolute atomic E-state index is 0.0232. The summed E-state index contributed by atoms with van der Waals surface area (Å²) in [5, 5.41) is 2.82. The van der Waals surface area contributed by atoms with Crippen LogP contribution < -0.4 is 5.32 Å². The third-order valence-electron chi connectivity index (χ3n) is 2.96. The number of H-pyrrole nitrogens is 1. The minimum atomic E-state index is 0.0232. The number of imidazole rings is 1. The van der Waals surface area contributed by atoms with Crippen LogP contribution in [0, 0.1) is 5.92 Å². The van der Waals surface area contributed by atoms with Crippen molar-refractivity contribution in [2.24, 2.45) is 5.92 Å². The van der Waals surface area contributed by atoms with E-state index in [0.29, 0.717) is 18.3 Å². The molecule has 1 heterocycles.